The summed E-state index contributed by atoms with van der Waals surface area (Å²) in [6.07, 6.45) is 5.10. The van der Waals surface area contributed by atoms with Gasteiger partial charge in [-0.2, -0.15) is 0 Å². The Morgan fingerprint density at radius 2 is 1.71 bits per heavy atom. The second-order valence-corrected chi connectivity index (χ2v) is 8.84. The third-order valence-corrected chi connectivity index (χ3v) is 6.41. The molecule has 1 saturated heterocycles. The Bertz CT molecular complexity index is 1110. The minimum Gasteiger partial charge on any atom is -0.454 e. The SMILES string of the molecule is CCCCc1ccc(Nc2ncnc(N3CCN(Cc4ccc5c(c4)OCO5)CC3)c2N)cc1. The fourth-order valence-corrected chi connectivity index (χ4v) is 4.43. The number of unbranched alkanes of at least 4 members (excludes halogenated alkanes) is 1. The molecule has 0 aliphatic carbocycles. The standard InChI is InChI=1S/C26H32N6O2/c1-2-3-4-19-5-8-21(9-6-19)30-25-24(27)26(29-17-28-25)32-13-11-31(12-14-32)16-20-7-10-22-23(15-20)34-18-33-22/h5-10,15,17H,2-4,11-14,16,18,27H2,1H3,(H,28,29,30). The van der Waals surface area contributed by atoms with Gasteiger partial charge in [0.25, 0.3) is 0 Å². The van der Waals surface area contributed by atoms with E-state index in [0.29, 0.717) is 18.3 Å². The average Bonchev–Trinajstić information content (AvgIpc) is 3.33. The van der Waals surface area contributed by atoms with Crippen molar-refractivity contribution in [2.45, 2.75) is 32.7 Å². The van der Waals surface area contributed by atoms with Crippen LogP contribution in [-0.4, -0.2) is 47.8 Å². The summed E-state index contributed by atoms with van der Waals surface area (Å²) in [5.74, 6) is 3.10. The summed E-state index contributed by atoms with van der Waals surface area (Å²) in [6, 6.07) is 14.7. The highest BCUT2D eigenvalue weighted by atomic mass is 16.7. The molecule has 8 heteroatoms. The van der Waals surface area contributed by atoms with Crippen LogP contribution in [0.15, 0.2) is 48.8 Å². The lowest BCUT2D eigenvalue weighted by atomic mass is 10.1. The number of rotatable bonds is 8. The Labute approximate surface area is 200 Å². The van der Waals surface area contributed by atoms with Crippen molar-refractivity contribution in [1.29, 1.82) is 0 Å². The predicted octanol–water partition coefficient (Wildman–Crippen LogP) is 4.20. The van der Waals surface area contributed by atoms with Crippen molar-refractivity contribution >= 4 is 23.0 Å². The summed E-state index contributed by atoms with van der Waals surface area (Å²) < 4.78 is 10.9. The zero-order valence-electron chi connectivity index (χ0n) is 19.7. The zero-order valence-corrected chi connectivity index (χ0v) is 19.7. The number of nitrogens with two attached hydrogens (primary N) is 1. The van der Waals surface area contributed by atoms with Gasteiger partial charge < -0.3 is 25.4 Å². The van der Waals surface area contributed by atoms with E-state index in [1.165, 1.54) is 24.0 Å². The Kier molecular flexibility index (Phi) is 6.67. The maximum absolute atomic E-state index is 6.50. The van der Waals surface area contributed by atoms with Gasteiger partial charge in [-0.25, -0.2) is 9.97 Å². The average molecular weight is 461 g/mol. The van der Waals surface area contributed by atoms with Gasteiger partial charge in [-0.3, -0.25) is 4.90 Å². The van der Waals surface area contributed by atoms with E-state index in [-0.39, 0.29) is 0 Å². The third-order valence-electron chi connectivity index (χ3n) is 6.41. The lowest BCUT2D eigenvalue weighted by Crippen LogP contribution is -2.46. The molecule has 2 aliphatic rings. The molecule has 3 heterocycles. The first-order valence-electron chi connectivity index (χ1n) is 12.0. The molecule has 178 valence electrons. The largest absolute Gasteiger partial charge is 0.454 e. The number of fused-ring (bicyclic) bond motifs is 1. The maximum atomic E-state index is 6.50. The van der Waals surface area contributed by atoms with E-state index in [9.17, 15) is 0 Å². The fraction of sp³-hybridized carbons (Fsp3) is 0.385. The monoisotopic (exact) mass is 460 g/mol. The summed E-state index contributed by atoms with van der Waals surface area (Å²) in [6.45, 7) is 6.97. The number of nitrogens with one attached hydrogen (secondary N) is 1. The van der Waals surface area contributed by atoms with Gasteiger partial charge in [0.1, 0.15) is 12.0 Å². The Hall–Kier alpha value is -3.52. The van der Waals surface area contributed by atoms with Gasteiger partial charge in [-0.15, -0.1) is 0 Å². The van der Waals surface area contributed by atoms with E-state index < -0.39 is 0 Å². The number of hydrogen-bond acceptors (Lipinski definition) is 8. The van der Waals surface area contributed by atoms with Crippen molar-refractivity contribution in [3.8, 4) is 11.5 Å². The number of nitrogen functional groups attached to an aromatic ring is 1. The van der Waals surface area contributed by atoms with Gasteiger partial charge in [0.2, 0.25) is 6.79 Å². The molecule has 0 amide bonds. The molecule has 0 bridgehead atoms. The molecule has 0 atom stereocenters. The van der Waals surface area contributed by atoms with Gasteiger partial charge in [-0.1, -0.05) is 31.5 Å². The molecule has 0 saturated carbocycles. The van der Waals surface area contributed by atoms with E-state index in [4.69, 9.17) is 15.2 Å². The molecule has 34 heavy (non-hydrogen) atoms. The number of hydrogen-bond donors (Lipinski definition) is 2. The van der Waals surface area contributed by atoms with E-state index in [2.05, 4.69) is 68.4 Å². The molecule has 5 rings (SSSR count). The van der Waals surface area contributed by atoms with Crippen molar-refractivity contribution in [1.82, 2.24) is 14.9 Å². The molecular weight excluding hydrogens is 428 g/mol. The van der Waals surface area contributed by atoms with Gasteiger partial charge in [0.15, 0.2) is 23.1 Å². The fourth-order valence-electron chi connectivity index (χ4n) is 4.43. The van der Waals surface area contributed by atoms with Crippen LogP contribution >= 0.6 is 0 Å². The summed E-state index contributed by atoms with van der Waals surface area (Å²) in [5, 5.41) is 3.36. The number of ether oxygens (including phenoxy) is 2. The molecule has 1 fully saturated rings. The first-order chi connectivity index (χ1) is 16.7. The summed E-state index contributed by atoms with van der Waals surface area (Å²) in [7, 11) is 0. The Morgan fingerprint density at radius 3 is 2.50 bits per heavy atom. The normalized spacial score (nSPS) is 15.5. The van der Waals surface area contributed by atoms with Gasteiger partial charge in [0.05, 0.1) is 0 Å². The lowest BCUT2D eigenvalue weighted by molar-refractivity contribution is 0.174. The first kappa shape index (κ1) is 22.3. The quantitative estimate of drug-likeness (QED) is 0.517. The van der Waals surface area contributed by atoms with Gasteiger partial charge >= 0.3 is 0 Å². The number of anilines is 4. The van der Waals surface area contributed by atoms with E-state index in [1.54, 1.807) is 6.33 Å². The van der Waals surface area contributed by atoms with E-state index >= 15 is 0 Å². The van der Waals surface area contributed by atoms with Crippen LogP contribution in [0.5, 0.6) is 11.5 Å². The molecule has 2 aliphatic heterocycles. The molecule has 0 unspecified atom stereocenters. The third kappa shape index (κ3) is 5.02. The highest BCUT2D eigenvalue weighted by Crippen LogP contribution is 2.33. The van der Waals surface area contributed by atoms with Crippen molar-refractivity contribution in [2.75, 3.05) is 48.9 Å². The van der Waals surface area contributed by atoms with Gasteiger partial charge in [-0.05, 0) is 48.2 Å². The molecule has 3 N–H and O–H groups in total. The Morgan fingerprint density at radius 1 is 0.941 bits per heavy atom. The van der Waals surface area contributed by atoms with Crippen LogP contribution in [0, 0.1) is 0 Å². The number of nitrogens with zero attached hydrogens (tertiary/aromatic N) is 4. The summed E-state index contributed by atoms with van der Waals surface area (Å²) >= 11 is 0. The van der Waals surface area contributed by atoms with Crippen molar-refractivity contribution < 1.29 is 9.47 Å². The number of aromatic nitrogens is 2. The minimum absolute atomic E-state index is 0.304. The molecule has 8 nitrogen and oxygen atoms in total. The van der Waals surface area contributed by atoms with Crippen LogP contribution in [0.3, 0.4) is 0 Å². The molecule has 1 aromatic heterocycles. The number of piperazine rings is 1. The van der Waals surface area contributed by atoms with E-state index in [0.717, 1.165) is 62.1 Å². The second-order valence-electron chi connectivity index (χ2n) is 8.84. The van der Waals surface area contributed by atoms with Crippen LogP contribution in [-0.2, 0) is 13.0 Å². The zero-order chi connectivity index (χ0) is 23.3. The molecule has 3 aromatic rings. The smallest absolute Gasteiger partial charge is 0.231 e. The lowest BCUT2D eigenvalue weighted by Gasteiger charge is -2.36. The van der Waals surface area contributed by atoms with Crippen molar-refractivity contribution in [3.63, 3.8) is 0 Å². The van der Waals surface area contributed by atoms with Crippen LogP contribution in [0.25, 0.3) is 0 Å². The molecule has 0 radical (unpaired) electrons. The van der Waals surface area contributed by atoms with Crippen LogP contribution in [0.2, 0.25) is 0 Å². The number of benzene rings is 2. The molecular formula is C26H32N6O2. The maximum Gasteiger partial charge on any atom is 0.231 e. The first-order valence-corrected chi connectivity index (χ1v) is 12.0. The van der Waals surface area contributed by atoms with E-state index in [1.807, 2.05) is 6.07 Å². The topological polar surface area (TPSA) is 88.8 Å². The number of aryl methyl sites for hydroxylation is 1. The predicted molar refractivity (Wildman–Crippen MR) is 135 cm³/mol. The summed E-state index contributed by atoms with van der Waals surface area (Å²) in [4.78, 5) is 13.6. The Balaban J connectivity index is 1.19. The molecule has 2 aromatic carbocycles. The van der Waals surface area contributed by atoms with Crippen molar-refractivity contribution in [3.05, 3.63) is 59.9 Å². The van der Waals surface area contributed by atoms with Crippen LogP contribution < -0.4 is 25.4 Å². The summed E-state index contributed by atoms with van der Waals surface area (Å²) in [5.41, 5.74) is 10.6. The minimum atomic E-state index is 0.304. The van der Waals surface area contributed by atoms with Crippen LogP contribution in [0.4, 0.5) is 23.0 Å². The van der Waals surface area contributed by atoms with Crippen molar-refractivity contribution in [2.24, 2.45) is 0 Å². The van der Waals surface area contributed by atoms with Gasteiger partial charge in [0, 0.05) is 38.4 Å². The highest BCUT2D eigenvalue weighted by Gasteiger charge is 2.22. The second kappa shape index (κ2) is 10.2. The highest BCUT2D eigenvalue weighted by molar-refractivity contribution is 5.78. The van der Waals surface area contributed by atoms with Crippen LogP contribution in [0.1, 0.15) is 30.9 Å². The molecule has 0 spiro atoms.